The van der Waals surface area contributed by atoms with Gasteiger partial charge in [0.2, 0.25) is 0 Å². The van der Waals surface area contributed by atoms with E-state index in [0.29, 0.717) is 12.8 Å². The normalized spacial score (nSPS) is 20.7. The number of hydrazine groups is 1. The summed E-state index contributed by atoms with van der Waals surface area (Å²) in [6, 6.07) is 9.81. The maximum absolute atomic E-state index is 13.8. The summed E-state index contributed by atoms with van der Waals surface area (Å²) in [5.41, 5.74) is 0.177. The number of imide groups is 1. The number of nitrogens with zero attached hydrogens (tertiary/aromatic N) is 2. The first-order valence-electron chi connectivity index (χ1n) is 11.2. The lowest BCUT2D eigenvalue weighted by Crippen LogP contribution is -2.57. The van der Waals surface area contributed by atoms with Crippen molar-refractivity contribution in [3.8, 4) is 0 Å². The minimum Gasteiger partial charge on any atom is -0.292 e. The molecule has 0 radical (unpaired) electrons. The zero-order valence-electron chi connectivity index (χ0n) is 18.3. The molecule has 2 fully saturated rings. The Kier molecular flexibility index (Phi) is 7.33. The van der Waals surface area contributed by atoms with Crippen molar-refractivity contribution in [3.05, 3.63) is 70.5 Å². The van der Waals surface area contributed by atoms with Crippen LogP contribution < -0.4 is 0 Å². The smallest absolute Gasteiger partial charge is 0.275 e. The predicted molar refractivity (Wildman–Crippen MR) is 125 cm³/mol. The third-order valence-electron chi connectivity index (χ3n) is 6.45. The van der Waals surface area contributed by atoms with Crippen LogP contribution >= 0.6 is 23.2 Å². The molecular weight excluding hydrogens is 482 g/mol. The Morgan fingerprint density at radius 3 is 2.15 bits per heavy atom. The number of benzene rings is 2. The Hall–Kier alpha value is -2.77. The molecule has 3 atom stereocenters. The number of hydrogen-bond donors (Lipinski definition) is 0. The highest BCUT2D eigenvalue weighted by Crippen LogP contribution is 2.40. The number of alkyl halides is 1. The van der Waals surface area contributed by atoms with Gasteiger partial charge in [0.05, 0.1) is 22.4 Å². The van der Waals surface area contributed by atoms with Gasteiger partial charge in [-0.3, -0.25) is 19.2 Å². The maximum Gasteiger partial charge on any atom is 0.275 e. The van der Waals surface area contributed by atoms with Gasteiger partial charge < -0.3 is 0 Å². The van der Waals surface area contributed by atoms with Crippen LogP contribution in [0, 0.1) is 17.7 Å². The number of halogens is 3. The summed E-state index contributed by atoms with van der Waals surface area (Å²) in [5, 5.41) is 1.89. The van der Waals surface area contributed by atoms with Crippen molar-refractivity contribution >= 4 is 46.7 Å². The lowest BCUT2D eigenvalue weighted by atomic mass is 9.81. The SMILES string of the molecule is O=C(c1ccc(F)cc1)[C@@H](CCCl)N(C(=O)c1ccccc1Cl)N1C(=O)[C@H]2CCCC[C@H]2C1=O. The van der Waals surface area contributed by atoms with Gasteiger partial charge in [-0.1, -0.05) is 36.6 Å². The molecule has 2 aliphatic rings. The van der Waals surface area contributed by atoms with Crippen LogP contribution in [0.4, 0.5) is 4.39 Å². The fraction of sp³-hybridized carbons (Fsp3) is 0.360. The van der Waals surface area contributed by atoms with Gasteiger partial charge in [-0.05, 0) is 55.7 Å². The van der Waals surface area contributed by atoms with E-state index in [4.69, 9.17) is 23.2 Å². The van der Waals surface area contributed by atoms with Crippen LogP contribution in [0.2, 0.25) is 5.02 Å². The molecule has 1 heterocycles. The number of fused-ring (bicyclic) bond motifs is 1. The van der Waals surface area contributed by atoms with E-state index < -0.39 is 47.2 Å². The first-order chi connectivity index (χ1) is 16.3. The number of carbonyl (C=O) groups is 4. The largest absolute Gasteiger partial charge is 0.292 e. The van der Waals surface area contributed by atoms with Crippen LogP contribution in [-0.4, -0.2) is 45.4 Å². The highest BCUT2D eigenvalue weighted by atomic mass is 35.5. The van der Waals surface area contributed by atoms with E-state index >= 15 is 0 Å². The summed E-state index contributed by atoms with van der Waals surface area (Å²) in [6.07, 6.45) is 2.69. The molecule has 34 heavy (non-hydrogen) atoms. The Balaban J connectivity index is 1.82. The van der Waals surface area contributed by atoms with E-state index in [9.17, 15) is 23.6 Å². The van der Waals surface area contributed by atoms with Gasteiger partial charge in [-0.2, -0.15) is 5.01 Å². The quantitative estimate of drug-likeness (QED) is 0.305. The van der Waals surface area contributed by atoms with Crippen LogP contribution in [0.25, 0.3) is 0 Å². The fourth-order valence-corrected chi connectivity index (χ4v) is 5.18. The maximum atomic E-state index is 13.8. The number of ketones is 1. The van der Waals surface area contributed by atoms with Crippen molar-refractivity contribution in [3.63, 3.8) is 0 Å². The van der Waals surface area contributed by atoms with E-state index in [1.54, 1.807) is 12.1 Å². The van der Waals surface area contributed by atoms with Gasteiger partial charge >= 0.3 is 0 Å². The second-order valence-electron chi connectivity index (χ2n) is 8.48. The minimum absolute atomic E-state index is 0.0209. The van der Waals surface area contributed by atoms with Gasteiger partial charge in [-0.15, -0.1) is 11.6 Å². The van der Waals surface area contributed by atoms with Crippen LogP contribution in [0.1, 0.15) is 52.8 Å². The Morgan fingerprint density at radius 2 is 1.59 bits per heavy atom. The highest BCUT2D eigenvalue weighted by molar-refractivity contribution is 6.34. The molecule has 0 bridgehead atoms. The van der Waals surface area contributed by atoms with E-state index in [0.717, 1.165) is 35.0 Å². The lowest BCUT2D eigenvalue weighted by molar-refractivity contribution is -0.156. The number of rotatable bonds is 7. The summed E-state index contributed by atoms with van der Waals surface area (Å²) < 4.78 is 13.5. The molecule has 2 aromatic carbocycles. The minimum atomic E-state index is -1.26. The topological polar surface area (TPSA) is 74.8 Å². The van der Waals surface area contributed by atoms with Crippen LogP contribution in [0.5, 0.6) is 0 Å². The molecule has 2 aromatic rings. The average molecular weight is 505 g/mol. The third kappa shape index (κ3) is 4.46. The molecule has 3 amide bonds. The molecule has 1 aliphatic carbocycles. The molecule has 9 heteroatoms. The second-order valence-corrected chi connectivity index (χ2v) is 9.27. The van der Waals surface area contributed by atoms with Crippen LogP contribution in [-0.2, 0) is 9.59 Å². The van der Waals surface area contributed by atoms with E-state index in [2.05, 4.69) is 0 Å². The molecule has 1 aliphatic heterocycles. The fourth-order valence-electron chi connectivity index (χ4n) is 4.76. The first kappa shape index (κ1) is 24.4. The number of Topliss-reactive ketones (excluding diaryl/α,β-unsaturated/α-hetero) is 1. The molecule has 1 saturated heterocycles. The zero-order chi connectivity index (χ0) is 24.4. The van der Waals surface area contributed by atoms with Gasteiger partial charge in [0.15, 0.2) is 5.78 Å². The molecule has 1 saturated carbocycles. The second kappa shape index (κ2) is 10.2. The predicted octanol–water partition coefficient (Wildman–Crippen LogP) is 4.89. The molecular formula is C25H23Cl2FN2O4. The lowest BCUT2D eigenvalue weighted by Gasteiger charge is -2.36. The molecule has 4 rings (SSSR count). The van der Waals surface area contributed by atoms with Crippen molar-refractivity contribution in [2.45, 2.75) is 38.1 Å². The number of carbonyl (C=O) groups excluding carboxylic acids is 4. The van der Waals surface area contributed by atoms with Crippen molar-refractivity contribution in [1.82, 2.24) is 10.0 Å². The zero-order valence-corrected chi connectivity index (χ0v) is 19.8. The van der Waals surface area contributed by atoms with Gasteiger partial charge in [-0.25, -0.2) is 9.40 Å². The standard InChI is InChI=1S/C25H23Cl2FN2O4/c26-14-13-21(22(31)15-9-11-16(28)12-10-15)29(25(34)19-7-3-4-8-20(19)27)30-23(32)17-5-1-2-6-18(17)24(30)33/h3-4,7-12,17-18,21H,1-2,5-6,13-14H2/t17-,18+,21-/m1/s1. The number of amides is 3. The van der Waals surface area contributed by atoms with Crippen molar-refractivity contribution in [2.75, 3.05) is 5.88 Å². The first-order valence-corrected chi connectivity index (χ1v) is 12.1. The summed E-state index contributed by atoms with van der Waals surface area (Å²) in [5.74, 6) is -3.91. The van der Waals surface area contributed by atoms with E-state index in [1.165, 1.54) is 24.3 Å². The Labute approximate surface area is 206 Å². The summed E-state index contributed by atoms with van der Waals surface area (Å²) in [7, 11) is 0. The summed E-state index contributed by atoms with van der Waals surface area (Å²) in [6.45, 7) is 0. The van der Waals surface area contributed by atoms with E-state index in [1.807, 2.05) is 0 Å². The molecule has 0 aromatic heterocycles. The monoisotopic (exact) mass is 504 g/mol. The third-order valence-corrected chi connectivity index (χ3v) is 7.00. The summed E-state index contributed by atoms with van der Waals surface area (Å²) >= 11 is 12.3. The van der Waals surface area contributed by atoms with Gasteiger partial charge in [0.1, 0.15) is 11.9 Å². The van der Waals surface area contributed by atoms with Crippen molar-refractivity contribution in [1.29, 1.82) is 0 Å². The van der Waals surface area contributed by atoms with Gasteiger partial charge in [0, 0.05) is 11.4 Å². The van der Waals surface area contributed by atoms with Gasteiger partial charge in [0.25, 0.3) is 17.7 Å². The Bertz CT molecular complexity index is 1100. The van der Waals surface area contributed by atoms with Crippen LogP contribution in [0.15, 0.2) is 48.5 Å². The Morgan fingerprint density at radius 1 is 1.00 bits per heavy atom. The van der Waals surface area contributed by atoms with E-state index in [-0.39, 0.29) is 28.5 Å². The molecule has 0 spiro atoms. The van der Waals surface area contributed by atoms with Crippen LogP contribution in [0.3, 0.4) is 0 Å². The molecule has 178 valence electrons. The highest BCUT2D eigenvalue weighted by Gasteiger charge is 2.53. The van der Waals surface area contributed by atoms with Crippen molar-refractivity contribution < 1.29 is 23.6 Å². The summed E-state index contributed by atoms with van der Waals surface area (Å²) in [4.78, 5) is 54.1. The number of hydrogen-bond acceptors (Lipinski definition) is 4. The molecule has 0 unspecified atom stereocenters. The average Bonchev–Trinajstić information content (AvgIpc) is 3.09. The molecule has 0 N–H and O–H groups in total. The molecule has 6 nitrogen and oxygen atoms in total. The van der Waals surface area contributed by atoms with Crippen molar-refractivity contribution in [2.24, 2.45) is 11.8 Å².